The number of allylic oxidation sites excluding steroid dienone is 32. The van der Waals surface area contributed by atoms with E-state index >= 15 is 0 Å². The predicted molar refractivity (Wildman–Crippen MR) is 444 cm³/mol. The molecule has 0 aliphatic heterocycles. The zero-order chi connectivity index (χ0) is 78.0. The van der Waals surface area contributed by atoms with Crippen LogP contribution in [0.2, 0.25) is 0 Å². The van der Waals surface area contributed by atoms with Crippen LogP contribution in [0.4, 0.5) is 0 Å². The van der Waals surface area contributed by atoms with Crippen LogP contribution in [-0.4, -0.2) is 95.9 Å². The molecule has 606 valence electrons. The summed E-state index contributed by atoms with van der Waals surface area (Å²) in [5.74, 6) is -1.66. The normalized spacial score (nSPS) is 14.9. The second kappa shape index (κ2) is 79.9. The first-order valence-electron chi connectivity index (χ1n) is 40.7. The zero-order valence-corrected chi connectivity index (χ0v) is 68.0. The van der Waals surface area contributed by atoms with Gasteiger partial charge in [-0.2, -0.15) is 0 Å². The molecule has 0 fully saturated rings. The molecule has 0 aromatic rings. The van der Waals surface area contributed by atoms with Crippen molar-refractivity contribution in [2.75, 3.05) is 39.6 Å². The summed E-state index contributed by atoms with van der Waals surface area (Å²) < 4.78 is 61.2. The summed E-state index contributed by atoms with van der Waals surface area (Å²) in [6.07, 6.45) is 105. The van der Waals surface area contributed by atoms with Gasteiger partial charge < -0.3 is 34.2 Å². The van der Waals surface area contributed by atoms with Crippen LogP contribution in [0, 0.1) is 0 Å². The fourth-order valence-corrected chi connectivity index (χ4v) is 11.7. The first-order valence-corrected chi connectivity index (χ1v) is 43.7. The smallest absolute Gasteiger partial charge is 0.463 e. The molecule has 18 heteroatoms. The molecular weight excluding hydrogens is 1390 g/mol. The second-order valence-electron chi connectivity index (χ2n) is 26.5. The molecule has 0 radical (unpaired) electrons. The Balaban J connectivity index is 4.77. The van der Waals surface area contributed by atoms with Crippen LogP contribution >= 0.6 is 15.6 Å². The highest BCUT2D eigenvalue weighted by molar-refractivity contribution is 7.47. The van der Waals surface area contributed by atoms with Gasteiger partial charge in [0, 0.05) is 19.3 Å². The van der Waals surface area contributed by atoms with Gasteiger partial charge in [0.25, 0.3) is 0 Å². The molecule has 5 unspecified atom stereocenters. The van der Waals surface area contributed by atoms with Crippen molar-refractivity contribution < 1.29 is 75.8 Å². The van der Waals surface area contributed by atoms with Gasteiger partial charge in [0.1, 0.15) is 25.4 Å². The fourth-order valence-electron chi connectivity index (χ4n) is 10.1. The number of hydrogen-bond donors (Lipinski definition) is 4. The van der Waals surface area contributed by atoms with Crippen molar-refractivity contribution in [2.24, 2.45) is 0 Å². The number of ether oxygens (including phenoxy) is 3. The molecule has 0 heterocycles. The number of hydrogen-bond acceptors (Lipinski definition) is 14. The predicted octanol–water partition coefficient (Wildman–Crippen LogP) is 24.3. The van der Waals surface area contributed by atoms with E-state index in [0.717, 1.165) is 173 Å². The SMILES string of the molecule is CC/C=C\C/C=C\C/C=C\C/C=C\C/C=C\C/C=C\CCCCCCCCC(=O)OCC(O)COP(=O)(O)OCC(O)COP(=O)(O)OCC(COC(=O)CCCCCCCCCCC/C=C\C/C=C\C/C=C\C/C=C\CCCCC)OC(=O)CCCC/C=C\C/C=C\C/C=C\C/C=C\C/C=C\C/C=C\CC. The van der Waals surface area contributed by atoms with E-state index in [0.29, 0.717) is 25.7 Å². The number of phosphoric ester groups is 2. The van der Waals surface area contributed by atoms with E-state index in [2.05, 4.69) is 215 Å². The number of aliphatic hydroxyl groups excluding tert-OH is 2. The molecule has 0 bridgehead atoms. The standard InChI is InChI=1S/C89H144O16P2/c1-4-7-10-13-16-19-22-25-28-31-34-37-39-41-43-46-48-51-54-57-60-63-66-69-72-75-87(92)99-78-84(90)79-101-106(95,96)102-80-85(91)81-103-107(97,98)104-83-86(105-89(94)77-74-71-68-65-62-59-56-53-50-45-36-33-30-27-24-21-18-15-12-9-6-3)82-100-88(93)76-73-70-67-64-61-58-55-52-49-47-44-42-40-38-35-32-29-26-23-20-17-14-11-8-5-2/h7,9-10,12,16-21,25-30,34-38,41-45,48,51,53,56,62,65,84-86,90-91H,4-6,8,11,13-15,22-24,31-33,39-40,46-47,49-50,52,54-55,57-61,63-64,66-83H2,1-3H3,(H,95,96)(H,97,98)/b10-7-,12-9-,19-16-,20-17-,21-18-,28-25-,29-26-,30-27-,37-34-,38-35-,43-41-,44-42-,45-36-,51-48-,56-53-,65-62-. The maximum Gasteiger partial charge on any atom is 0.472 e. The van der Waals surface area contributed by atoms with Gasteiger partial charge in [0.05, 0.1) is 26.4 Å². The Bertz CT molecular complexity index is 2720. The van der Waals surface area contributed by atoms with Crippen molar-refractivity contribution in [3.05, 3.63) is 194 Å². The molecule has 0 aromatic carbocycles. The van der Waals surface area contributed by atoms with Gasteiger partial charge in [-0.05, 0) is 167 Å². The summed E-state index contributed by atoms with van der Waals surface area (Å²) in [5, 5.41) is 20.7. The molecular formula is C89H144O16P2. The molecule has 4 N–H and O–H groups in total. The summed E-state index contributed by atoms with van der Waals surface area (Å²) in [6.45, 7) is 2.33. The van der Waals surface area contributed by atoms with Crippen LogP contribution in [0.1, 0.15) is 290 Å². The summed E-state index contributed by atoms with van der Waals surface area (Å²) >= 11 is 0. The number of esters is 3. The van der Waals surface area contributed by atoms with E-state index in [1.807, 2.05) is 0 Å². The third-order valence-corrected chi connectivity index (χ3v) is 18.2. The maximum absolute atomic E-state index is 13.0. The number of phosphoric acid groups is 2. The fraction of sp³-hybridized carbons (Fsp3) is 0.607. The number of carbonyl (C=O) groups is 3. The molecule has 16 nitrogen and oxygen atoms in total. The van der Waals surface area contributed by atoms with E-state index in [1.165, 1.54) is 51.4 Å². The summed E-state index contributed by atoms with van der Waals surface area (Å²) in [5.41, 5.74) is 0. The summed E-state index contributed by atoms with van der Waals surface area (Å²) in [7, 11) is -9.84. The Labute approximate surface area is 648 Å². The van der Waals surface area contributed by atoms with Crippen LogP contribution < -0.4 is 0 Å². The molecule has 107 heavy (non-hydrogen) atoms. The molecule has 0 spiro atoms. The lowest BCUT2D eigenvalue weighted by molar-refractivity contribution is -0.161. The Morgan fingerprint density at radius 2 is 0.495 bits per heavy atom. The molecule has 0 saturated carbocycles. The van der Waals surface area contributed by atoms with Crippen molar-refractivity contribution >= 4 is 33.6 Å². The van der Waals surface area contributed by atoms with Crippen molar-refractivity contribution in [1.82, 2.24) is 0 Å². The van der Waals surface area contributed by atoms with E-state index < -0.39 is 91.5 Å². The molecule has 0 aromatic heterocycles. The first-order chi connectivity index (χ1) is 52.2. The minimum Gasteiger partial charge on any atom is -0.463 e. The van der Waals surface area contributed by atoms with Gasteiger partial charge in [-0.1, -0.05) is 299 Å². The van der Waals surface area contributed by atoms with Crippen molar-refractivity contribution in [3.8, 4) is 0 Å². The van der Waals surface area contributed by atoms with Gasteiger partial charge in [-0.25, -0.2) is 9.13 Å². The lowest BCUT2D eigenvalue weighted by atomic mass is 10.1. The highest BCUT2D eigenvalue weighted by Crippen LogP contribution is 2.45. The number of aliphatic hydroxyl groups is 2. The monoisotopic (exact) mass is 1530 g/mol. The average molecular weight is 1530 g/mol. The molecule has 0 saturated heterocycles. The van der Waals surface area contributed by atoms with Gasteiger partial charge >= 0.3 is 33.6 Å². The van der Waals surface area contributed by atoms with Crippen LogP contribution in [0.5, 0.6) is 0 Å². The molecule has 0 amide bonds. The van der Waals surface area contributed by atoms with Gasteiger partial charge in [-0.3, -0.25) is 32.5 Å². The minimum absolute atomic E-state index is 0.0400. The summed E-state index contributed by atoms with van der Waals surface area (Å²) in [4.78, 5) is 58.8. The average Bonchev–Trinajstić information content (AvgIpc) is 0.904. The number of unbranched alkanes of at least 4 members (excludes halogenated alkanes) is 20. The van der Waals surface area contributed by atoms with Crippen molar-refractivity contribution in [2.45, 2.75) is 309 Å². The first kappa shape index (κ1) is 101. The maximum atomic E-state index is 13.0. The lowest BCUT2D eigenvalue weighted by Crippen LogP contribution is -2.30. The Morgan fingerprint density at radius 3 is 0.804 bits per heavy atom. The number of carbonyl (C=O) groups excluding carboxylic acids is 3. The molecule has 0 aliphatic carbocycles. The Hall–Kier alpha value is -5.61. The minimum atomic E-state index is -4.96. The van der Waals surface area contributed by atoms with Crippen LogP contribution in [-0.2, 0) is 55.8 Å². The highest BCUT2D eigenvalue weighted by Gasteiger charge is 2.29. The van der Waals surface area contributed by atoms with E-state index in [9.17, 15) is 43.5 Å². The lowest BCUT2D eigenvalue weighted by Gasteiger charge is -2.21. The molecule has 0 aliphatic rings. The summed E-state index contributed by atoms with van der Waals surface area (Å²) in [6, 6.07) is 0. The number of rotatable bonds is 75. The van der Waals surface area contributed by atoms with E-state index in [4.69, 9.17) is 32.3 Å². The quantitative estimate of drug-likeness (QED) is 0.0146. The zero-order valence-electron chi connectivity index (χ0n) is 66.2. The Morgan fingerprint density at radius 1 is 0.271 bits per heavy atom. The second-order valence-corrected chi connectivity index (χ2v) is 29.4. The third kappa shape index (κ3) is 81.2. The van der Waals surface area contributed by atoms with Crippen LogP contribution in [0.25, 0.3) is 0 Å². The third-order valence-electron chi connectivity index (χ3n) is 16.3. The topological polar surface area (TPSA) is 231 Å². The van der Waals surface area contributed by atoms with Crippen molar-refractivity contribution in [3.63, 3.8) is 0 Å². The van der Waals surface area contributed by atoms with Crippen LogP contribution in [0.3, 0.4) is 0 Å². The van der Waals surface area contributed by atoms with E-state index in [1.54, 1.807) is 0 Å². The van der Waals surface area contributed by atoms with Gasteiger partial charge in [0.2, 0.25) is 0 Å². The largest absolute Gasteiger partial charge is 0.472 e. The highest BCUT2D eigenvalue weighted by atomic mass is 31.2. The van der Waals surface area contributed by atoms with Gasteiger partial charge in [0.15, 0.2) is 6.10 Å². The van der Waals surface area contributed by atoms with Gasteiger partial charge in [-0.15, -0.1) is 0 Å². The molecule has 5 atom stereocenters. The Kier molecular flexibility index (Phi) is 75.7. The van der Waals surface area contributed by atoms with Crippen molar-refractivity contribution in [1.29, 1.82) is 0 Å². The van der Waals surface area contributed by atoms with E-state index in [-0.39, 0.29) is 19.3 Å². The van der Waals surface area contributed by atoms with Crippen LogP contribution in [0.15, 0.2) is 194 Å². The molecule has 0 rings (SSSR count).